The van der Waals surface area contributed by atoms with E-state index in [0.717, 1.165) is 372 Å². The average Bonchev–Trinajstić information content (AvgIpc) is 0.760. The van der Waals surface area contributed by atoms with Crippen LogP contribution in [0.3, 0.4) is 0 Å². The number of guanidine groups is 4. The fraction of sp³-hybridized carbons (Fsp3) is 0.932. The van der Waals surface area contributed by atoms with Gasteiger partial charge in [0.15, 0.2) is 5.96 Å². The number of aliphatic imine (C=N–C) groups is 4. The Labute approximate surface area is 891 Å². The Kier molecular flexibility index (Phi) is 55.5. The SMILES string of the molecule is CCCCN(CCCC)C(=N)/N=C(\N=C\N(CCCCCCN(C(=N/CN(CCCCCCN(c1nc(N(CCCC)CCCC)nc(N(CCCC)CCCC)n1)C1CC(C)(C)N(OCCC)C(C)(C)C1)C1CC(C)(C)N(OCCC)C(C)(C)C1)/N=C(\N)N(CCCC)C1CC(C)(C)N(OCCC)C(C)(C)C1)C1CC(C)(C)N(OCCC)C(C)(C)C1)C1CC(C)(C)N(OCCC)C(C)(C)C1)N(CCCC)CCCC. The van der Waals surface area contributed by atoms with E-state index in [1.807, 2.05) is 0 Å². The smallest absolute Gasteiger partial charge is 0.232 e. The van der Waals surface area contributed by atoms with Crippen LogP contribution in [0.2, 0.25) is 0 Å². The van der Waals surface area contributed by atoms with Crippen molar-refractivity contribution in [1.82, 2.24) is 69.7 Å². The standard InChI is InChI=1S/C117H231N23O5/c1-35-49-66-127(67-50-36-2)101(118)122-103(128(68-51-37-3)69-52-38-4)120-94-131(96-84-108(15,16)136(141-79-44-10)109(17,18)85-96)74-62-58-60-64-77-134(99-90-114(27,28)139(144-82-47-13)115(29,30)91-99)104(123-102(119)133(76-57-43-9)98-88-112(23,24)138(143-81-46-12)113(25,26)89-98)121-95-132(97-86-110(19,20)137(142-80-45-11)111(21,22)87-97)75-63-59-61-65-78-135(100-92-116(31,32)140(145-83-48-14)117(33,34)93-100)107-125-105(129(70-53-39-5)71-54-40-6)124-106(126-107)130(72-55-41-7)73-56-42-8/h94,96-100,118H,35-93,95H2,1-34H3,(H2,119,121,123)/b118-101?,120-94+,122-103+. The summed E-state index contributed by atoms with van der Waals surface area (Å²) in [5.74, 6) is 4.76. The molecule has 5 aliphatic heterocycles. The Balaban J connectivity index is 1.57. The summed E-state index contributed by atoms with van der Waals surface area (Å²) < 4.78 is 0. The molecular weight excluding hydrogens is 1810 g/mol. The fourth-order valence-electron chi connectivity index (χ4n) is 24.9. The third kappa shape index (κ3) is 39.6. The lowest BCUT2D eigenvalue weighted by atomic mass is 9.78. The molecule has 0 spiro atoms. The van der Waals surface area contributed by atoms with Gasteiger partial charge in [0.2, 0.25) is 35.7 Å². The number of anilines is 3. The highest BCUT2D eigenvalue weighted by molar-refractivity contribution is 5.97. The van der Waals surface area contributed by atoms with Crippen LogP contribution >= 0.6 is 0 Å². The number of aromatic nitrogens is 3. The second-order valence-corrected chi connectivity index (χ2v) is 50.4. The van der Waals surface area contributed by atoms with Crippen molar-refractivity contribution in [2.45, 2.75) is 584 Å². The summed E-state index contributed by atoms with van der Waals surface area (Å²) in [4.78, 5) is 97.1. The van der Waals surface area contributed by atoms with Gasteiger partial charge in [-0.3, -0.25) is 34.5 Å². The monoisotopic (exact) mass is 2040 g/mol. The topological polar surface area (TPSA) is 229 Å². The number of rotatable bonds is 67. The van der Waals surface area contributed by atoms with E-state index < -0.39 is 0 Å². The van der Waals surface area contributed by atoms with Gasteiger partial charge in [0.25, 0.3) is 0 Å². The van der Waals surface area contributed by atoms with Gasteiger partial charge in [0, 0.05) is 171 Å². The minimum Gasteiger partial charge on any atom is -0.369 e. The van der Waals surface area contributed by atoms with E-state index in [4.69, 9.17) is 64.8 Å². The highest BCUT2D eigenvalue weighted by atomic mass is 16.7. The van der Waals surface area contributed by atoms with Crippen molar-refractivity contribution in [3.63, 3.8) is 0 Å². The number of piperidine rings is 5. The Morgan fingerprint density at radius 3 is 0.938 bits per heavy atom. The molecule has 0 aromatic carbocycles. The van der Waals surface area contributed by atoms with Crippen molar-refractivity contribution >= 4 is 48.0 Å². The van der Waals surface area contributed by atoms with Gasteiger partial charge in [-0.1, -0.05) is 180 Å². The molecule has 0 aliphatic carbocycles. The lowest BCUT2D eigenvalue weighted by molar-refractivity contribution is -0.288. The van der Waals surface area contributed by atoms with E-state index in [0.29, 0.717) is 57.6 Å². The zero-order valence-corrected chi connectivity index (χ0v) is 101. The highest BCUT2D eigenvalue weighted by Gasteiger charge is 2.55. The summed E-state index contributed by atoms with van der Waals surface area (Å²) in [6.45, 7) is 94.3. The van der Waals surface area contributed by atoms with E-state index >= 15 is 0 Å². The number of nitrogens with one attached hydrogen (secondary N) is 1. The average molecular weight is 2040 g/mol. The molecule has 0 amide bonds. The molecule has 844 valence electrons. The van der Waals surface area contributed by atoms with Crippen molar-refractivity contribution in [3.8, 4) is 0 Å². The van der Waals surface area contributed by atoms with Crippen LogP contribution in [0.1, 0.15) is 499 Å². The fourth-order valence-corrected chi connectivity index (χ4v) is 24.9. The van der Waals surface area contributed by atoms with Gasteiger partial charge in [0.05, 0.1) is 46.0 Å². The zero-order chi connectivity index (χ0) is 108. The van der Waals surface area contributed by atoms with Crippen LogP contribution in [0.25, 0.3) is 0 Å². The minimum atomic E-state index is -0.352. The first-order chi connectivity index (χ1) is 68.6. The summed E-state index contributed by atoms with van der Waals surface area (Å²) in [6, 6.07) is 0.627. The summed E-state index contributed by atoms with van der Waals surface area (Å²) in [6.07, 6.45) is 42.9. The van der Waals surface area contributed by atoms with Crippen LogP contribution in [0.5, 0.6) is 0 Å². The van der Waals surface area contributed by atoms with Gasteiger partial charge >= 0.3 is 0 Å². The van der Waals surface area contributed by atoms with Gasteiger partial charge in [-0.25, -0.2) is 9.98 Å². The molecule has 5 saturated heterocycles. The summed E-state index contributed by atoms with van der Waals surface area (Å²) in [5.41, 5.74) is 5.21. The van der Waals surface area contributed by atoms with Gasteiger partial charge in [0.1, 0.15) is 0 Å². The quantitative estimate of drug-likeness (QED) is 0.0351. The number of nitrogens with zero attached hydrogens (tertiary/aromatic N) is 21. The molecule has 5 aliphatic rings. The number of hydroxylamine groups is 10. The van der Waals surface area contributed by atoms with E-state index in [-0.39, 0.29) is 85.6 Å². The molecular formula is C117H231N23O5. The van der Waals surface area contributed by atoms with E-state index in [1.165, 1.54) is 0 Å². The van der Waals surface area contributed by atoms with Crippen LogP contribution < -0.4 is 20.4 Å². The highest BCUT2D eigenvalue weighted by Crippen LogP contribution is 2.48. The van der Waals surface area contributed by atoms with Gasteiger partial charge in [-0.15, -0.1) is 0 Å². The summed E-state index contributed by atoms with van der Waals surface area (Å²) in [5, 5.41) is 21.4. The van der Waals surface area contributed by atoms with Gasteiger partial charge in [-0.2, -0.15) is 50.3 Å². The largest absolute Gasteiger partial charge is 0.369 e. The number of unbranched alkanes of at least 4 members (excludes halogenated alkanes) is 15. The van der Waals surface area contributed by atoms with Crippen LogP contribution in [0.4, 0.5) is 17.8 Å². The number of nitrogens with two attached hydrogens (primary N) is 1. The molecule has 6 heterocycles. The molecule has 0 atom stereocenters. The summed E-state index contributed by atoms with van der Waals surface area (Å²) >= 11 is 0. The molecule has 3 N–H and O–H groups in total. The molecule has 5 fully saturated rings. The van der Waals surface area contributed by atoms with Crippen LogP contribution in [0, 0.1) is 5.41 Å². The molecule has 1 aromatic rings. The lowest BCUT2D eigenvalue weighted by Crippen LogP contribution is -2.65. The second-order valence-electron chi connectivity index (χ2n) is 50.4. The van der Waals surface area contributed by atoms with E-state index in [1.54, 1.807) is 0 Å². The molecule has 0 saturated carbocycles. The predicted octanol–water partition coefficient (Wildman–Crippen LogP) is 26.2. The maximum atomic E-state index is 9.75. The van der Waals surface area contributed by atoms with Crippen molar-refractivity contribution in [2.75, 3.05) is 139 Å². The van der Waals surface area contributed by atoms with Gasteiger partial charge < -0.3 is 44.9 Å². The first kappa shape index (κ1) is 129. The normalized spacial score (nSPS) is 20.4. The lowest BCUT2D eigenvalue weighted by Gasteiger charge is -2.56. The predicted molar refractivity (Wildman–Crippen MR) is 617 cm³/mol. The first-order valence-corrected chi connectivity index (χ1v) is 59.9. The second kappa shape index (κ2) is 62.5. The van der Waals surface area contributed by atoms with Gasteiger partial charge in [-0.05, 0) is 318 Å². The maximum absolute atomic E-state index is 9.75. The van der Waals surface area contributed by atoms with Crippen molar-refractivity contribution in [2.24, 2.45) is 25.7 Å². The molecule has 0 radical (unpaired) electrons. The summed E-state index contributed by atoms with van der Waals surface area (Å²) in [7, 11) is 0. The van der Waals surface area contributed by atoms with E-state index in [9.17, 15) is 5.41 Å². The third-order valence-corrected chi connectivity index (χ3v) is 31.1. The molecule has 1 aromatic heterocycles. The number of hydrogen-bond donors (Lipinski definition) is 2. The maximum Gasteiger partial charge on any atom is 0.232 e. The van der Waals surface area contributed by atoms with Crippen LogP contribution in [0.15, 0.2) is 20.0 Å². The Morgan fingerprint density at radius 1 is 0.303 bits per heavy atom. The van der Waals surface area contributed by atoms with Crippen molar-refractivity contribution in [1.29, 1.82) is 5.41 Å². The molecule has 0 bridgehead atoms. The Bertz CT molecular complexity index is 3710. The molecule has 6 rings (SSSR count). The minimum absolute atomic E-state index is 0.0342. The molecule has 145 heavy (non-hydrogen) atoms. The van der Waals surface area contributed by atoms with Crippen LogP contribution in [-0.2, 0) is 24.2 Å². The number of hydrogen-bond acceptors (Lipinski definition) is 19. The zero-order valence-electron chi connectivity index (χ0n) is 101. The van der Waals surface area contributed by atoms with Crippen molar-refractivity contribution in [3.05, 3.63) is 0 Å². The van der Waals surface area contributed by atoms with Crippen molar-refractivity contribution < 1.29 is 24.2 Å². The first-order valence-electron chi connectivity index (χ1n) is 59.9. The Morgan fingerprint density at radius 2 is 0.586 bits per heavy atom. The molecule has 28 heteroatoms. The molecule has 0 unspecified atom stereocenters. The van der Waals surface area contributed by atoms with Crippen LogP contribution in [-0.4, -0.2) is 310 Å². The van der Waals surface area contributed by atoms with E-state index in [2.05, 4.69) is 311 Å². The molecule has 28 nitrogen and oxygen atoms in total. The Hall–Kier alpha value is -4.88. The third-order valence-electron chi connectivity index (χ3n) is 31.1.